The van der Waals surface area contributed by atoms with E-state index in [0.717, 1.165) is 0 Å². The number of hydrogen-bond donors (Lipinski definition) is 4. The zero-order chi connectivity index (χ0) is 17.3. The summed E-state index contributed by atoms with van der Waals surface area (Å²) in [7, 11) is 0. The van der Waals surface area contributed by atoms with Crippen molar-refractivity contribution in [3.8, 4) is 23.0 Å². The molecule has 6 nitrogen and oxygen atoms in total. The van der Waals surface area contributed by atoms with E-state index in [1.54, 1.807) is 0 Å². The number of phenolic OH excluding ortho intramolecular Hbond substituents is 4. The van der Waals surface area contributed by atoms with Gasteiger partial charge in [0.2, 0.25) is 0 Å². The number of hydrogen-bond acceptors (Lipinski definition) is 6. The van der Waals surface area contributed by atoms with Crippen LogP contribution in [0.3, 0.4) is 0 Å². The van der Waals surface area contributed by atoms with Crippen LogP contribution in [0.1, 0.15) is 45.7 Å². The molecule has 2 aromatic carbocycles. The van der Waals surface area contributed by atoms with E-state index < -0.39 is 23.1 Å². The van der Waals surface area contributed by atoms with Gasteiger partial charge in [0.05, 0.1) is 11.1 Å². The zero-order valence-corrected chi connectivity index (χ0v) is 12.6. The van der Waals surface area contributed by atoms with Gasteiger partial charge in [-0.15, -0.1) is 0 Å². The smallest absolute Gasteiger partial charge is 0.163 e. The van der Waals surface area contributed by atoms with Gasteiger partial charge in [0, 0.05) is 17.5 Å². The Morgan fingerprint density at radius 3 is 1.39 bits per heavy atom. The fraction of sp³-hybridized carbons (Fsp3) is 0.176. The van der Waals surface area contributed by atoms with Crippen LogP contribution in [0, 0.1) is 0 Å². The number of Topliss-reactive ketones (excluding diaryl/α,β-unsaturated/α-hetero) is 2. The molecule has 0 aliphatic carbocycles. The van der Waals surface area contributed by atoms with Crippen LogP contribution in [-0.2, 0) is 6.42 Å². The average Bonchev–Trinajstić information content (AvgIpc) is 2.45. The number of phenols is 4. The summed E-state index contributed by atoms with van der Waals surface area (Å²) in [6, 6.07) is 5.05. The maximum atomic E-state index is 11.5. The van der Waals surface area contributed by atoms with Gasteiger partial charge in [0.1, 0.15) is 23.0 Å². The number of aromatic hydroxyl groups is 4. The lowest BCUT2D eigenvalue weighted by Gasteiger charge is -2.14. The lowest BCUT2D eigenvalue weighted by Crippen LogP contribution is -2.00. The topological polar surface area (TPSA) is 115 Å². The first-order chi connectivity index (χ1) is 10.7. The third-order valence-corrected chi connectivity index (χ3v) is 3.63. The standard InChI is InChI=1S/C17H16O6/c1-8(18)10-3-5-14(20)12(16(10)22)7-13-15(21)6-4-11(9(2)19)17(13)23/h3-6,20-23H,7H2,1-2H3. The Hall–Kier alpha value is -3.02. The first-order valence-corrected chi connectivity index (χ1v) is 6.83. The molecular formula is C17H16O6. The summed E-state index contributed by atoms with van der Waals surface area (Å²) in [6.45, 7) is 2.53. The summed E-state index contributed by atoms with van der Waals surface area (Å²) >= 11 is 0. The van der Waals surface area contributed by atoms with Gasteiger partial charge in [-0.3, -0.25) is 9.59 Å². The van der Waals surface area contributed by atoms with Crippen LogP contribution < -0.4 is 0 Å². The molecule has 2 aromatic rings. The Morgan fingerprint density at radius 2 is 1.09 bits per heavy atom. The van der Waals surface area contributed by atoms with Crippen molar-refractivity contribution in [3.05, 3.63) is 46.5 Å². The molecule has 4 N–H and O–H groups in total. The van der Waals surface area contributed by atoms with E-state index in [4.69, 9.17) is 0 Å². The molecule has 0 radical (unpaired) electrons. The van der Waals surface area contributed by atoms with Crippen LogP contribution in [0.4, 0.5) is 0 Å². The van der Waals surface area contributed by atoms with E-state index in [9.17, 15) is 30.0 Å². The highest BCUT2D eigenvalue weighted by Crippen LogP contribution is 2.38. The lowest BCUT2D eigenvalue weighted by molar-refractivity contribution is 0.100. The van der Waals surface area contributed by atoms with Gasteiger partial charge >= 0.3 is 0 Å². The van der Waals surface area contributed by atoms with Crippen molar-refractivity contribution in [2.75, 3.05) is 0 Å². The number of carbonyl (C=O) groups excluding carboxylic acids is 2. The summed E-state index contributed by atoms with van der Waals surface area (Å²) in [6.07, 6.45) is -0.252. The second-order valence-corrected chi connectivity index (χ2v) is 5.21. The SMILES string of the molecule is CC(=O)c1ccc(O)c(Cc2c(O)ccc(C(C)=O)c2O)c1O. The number of ketones is 2. The van der Waals surface area contributed by atoms with E-state index in [-0.39, 0.29) is 40.2 Å². The van der Waals surface area contributed by atoms with E-state index in [2.05, 4.69) is 0 Å². The lowest BCUT2D eigenvalue weighted by atomic mass is 9.95. The minimum absolute atomic E-state index is 0.0134. The third-order valence-electron chi connectivity index (χ3n) is 3.63. The molecule has 0 saturated carbocycles. The summed E-state index contributed by atoms with van der Waals surface area (Å²) in [5.74, 6) is -2.22. The largest absolute Gasteiger partial charge is 0.508 e. The van der Waals surface area contributed by atoms with E-state index in [1.165, 1.54) is 38.1 Å². The summed E-state index contributed by atoms with van der Waals surface area (Å²) in [5.41, 5.74) is -0.0213. The monoisotopic (exact) mass is 316 g/mol. The summed E-state index contributed by atoms with van der Waals surface area (Å²) in [4.78, 5) is 22.9. The average molecular weight is 316 g/mol. The van der Waals surface area contributed by atoms with Crippen molar-refractivity contribution < 1.29 is 30.0 Å². The molecule has 0 aromatic heterocycles. The molecule has 0 bridgehead atoms. The Labute approximate surface area is 132 Å². The Bertz CT molecular complexity index is 740. The molecule has 0 unspecified atom stereocenters. The van der Waals surface area contributed by atoms with Crippen molar-refractivity contribution in [2.24, 2.45) is 0 Å². The van der Waals surface area contributed by atoms with Gasteiger partial charge in [-0.2, -0.15) is 0 Å². The van der Waals surface area contributed by atoms with Crippen LogP contribution >= 0.6 is 0 Å². The zero-order valence-electron chi connectivity index (χ0n) is 12.6. The molecule has 6 heteroatoms. The molecule has 120 valence electrons. The molecule has 0 amide bonds. The summed E-state index contributed by atoms with van der Waals surface area (Å²) < 4.78 is 0. The molecule has 23 heavy (non-hydrogen) atoms. The van der Waals surface area contributed by atoms with Gasteiger partial charge in [-0.25, -0.2) is 0 Å². The van der Waals surface area contributed by atoms with Crippen molar-refractivity contribution in [1.29, 1.82) is 0 Å². The molecule has 2 rings (SSSR count). The quantitative estimate of drug-likeness (QED) is 0.644. The maximum Gasteiger partial charge on any atom is 0.163 e. The van der Waals surface area contributed by atoms with Crippen molar-refractivity contribution in [2.45, 2.75) is 20.3 Å². The van der Waals surface area contributed by atoms with E-state index in [0.29, 0.717) is 0 Å². The predicted octanol–water partition coefficient (Wildman–Crippen LogP) is 2.51. The highest BCUT2D eigenvalue weighted by Gasteiger charge is 2.21. The van der Waals surface area contributed by atoms with Crippen LogP contribution in [0.5, 0.6) is 23.0 Å². The fourth-order valence-electron chi connectivity index (χ4n) is 2.34. The highest BCUT2D eigenvalue weighted by atomic mass is 16.3. The Balaban J connectivity index is 2.60. The predicted molar refractivity (Wildman–Crippen MR) is 82.4 cm³/mol. The normalized spacial score (nSPS) is 10.5. The first kappa shape index (κ1) is 16.4. The highest BCUT2D eigenvalue weighted by molar-refractivity contribution is 5.98. The molecular weight excluding hydrogens is 300 g/mol. The van der Waals surface area contributed by atoms with Gasteiger partial charge in [0.25, 0.3) is 0 Å². The number of rotatable bonds is 4. The van der Waals surface area contributed by atoms with E-state index >= 15 is 0 Å². The fourth-order valence-corrected chi connectivity index (χ4v) is 2.34. The van der Waals surface area contributed by atoms with Crippen molar-refractivity contribution in [3.63, 3.8) is 0 Å². The summed E-state index contributed by atoms with van der Waals surface area (Å²) in [5, 5.41) is 40.1. The van der Waals surface area contributed by atoms with Crippen LogP contribution in [0.2, 0.25) is 0 Å². The number of benzene rings is 2. The van der Waals surface area contributed by atoms with Gasteiger partial charge < -0.3 is 20.4 Å². The molecule has 0 fully saturated rings. The van der Waals surface area contributed by atoms with E-state index in [1.807, 2.05) is 0 Å². The van der Waals surface area contributed by atoms with Crippen LogP contribution in [0.25, 0.3) is 0 Å². The van der Waals surface area contributed by atoms with Crippen LogP contribution in [-0.4, -0.2) is 32.0 Å². The second-order valence-electron chi connectivity index (χ2n) is 5.21. The van der Waals surface area contributed by atoms with Gasteiger partial charge in [-0.1, -0.05) is 0 Å². The molecule has 0 heterocycles. The van der Waals surface area contributed by atoms with Crippen molar-refractivity contribution >= 4 is 11.6 Å². The maximum absolute atomic E-state index is 11.5. The molecule has 0 spiro atoms. The van der Waals surface area contributed by atoms with Gasteiger partial charge in [0.15, 0.2) is 11.6 Å². The molecule has 0 atom stereocenters. The minimum atomic E-state index is -0.426. The number of carbonyl (C=O) groups is 2. The van der Waals surface area contributed by atoms with Crippen molar-refractivity contribution in [1.82, 2.24) is 0 Å². The molecule has 0 saturated heterocycles. The minimum Gasteiger partial charge on any atom is -0.508 e. The van der Waals surface area contributed by atoms with Crippen LogP contribution in [0.15, 0.2) is 24.3 Å². The first-order valence-electron chi connectivity index (χ1n) is 6.83. The third kappa shape index (κ3) is 2.96. The van der Waals surface area contributed by atoms with Gasteiger partial charge in [-0.05, 0) is 38.1 Å². The molecule has 0 aliphatic rings. The molecule has 0 aliphatic heterocycles. The Kier molecular flexibility index (Phi) is 4.27. The second kappa shape index (κ2) is 6.00. The Morgan fingerprint density at radius 1 is 0.739 bits per heavy atom.